The molecule has 2 nitrogen and oxygen atoms in total. The standard InChI is InChI=1S/C11H26N2Si2/c1-7-12(10(3)4)14-9-15-13(8-2)11(5)6/h7-8,10-11H,1-2,9,14-15H2,3-6H3. The molecule has 0 aromatic heterocycles. The van der Waals surface area contributed by atoms with Gasteiger partial charge in [0.25, 0.3) is 0 Å². The summed E-state index contributed by atoms with van der Waals surface area (Å²) in [7, 11) is -0.237. The van der Waals surface area contributed by atoms with E-state index in [-0.39, 0.29) is 19.4 Å². The van der Waals surface area contributed by atoms with Crippen molar-refractivity contribution in [3.63, 3.8) is 0 Å². The van der Waals surface area contributed by atoms with Crippen LogP contribution in [0.15, 0.2) is 25.6 Å². The summed E-state index contributed by atoms with van der Waals surface area (Å²) >= 11 is 0. The number of rotatable bonds is 8. The molecule has 0 bridgehead atoms. The second-order valence-corrected chi connectivity index (χ2v) is 9.57. The Morgan fingerprint density at radius 3 is 1.47 bits per heavy atom. The van der Waals surface area contributed by atoms with Gasteiger partial charge in [-0.15, -0.1) is 0 Å². The van der Waals surface area contributed by atoms with Crippen LogP contribution in [0.25, 0.3) is 0 Å². The minimum atomic E-state index is -0.119. The molecule has 0 aliphatic heterocycles. The zero-order valence-electron chi connectivity index (χ0n) is 10.7. The maximum absolute atomic E-state index is 3.88. The summed E-state index contributed by atoms with van der Waals surface area (Å²) in [6, 6.07) is 1.25. The molecule has 0 unspecified atom stereocenters. The predicted molar refractivity (Wildman–Crippen MR) is 76.2 cm³/mol. The molecule has 0 amide bonds. The molecule has 0 aromatic rings. The Labute approximate surface area is 99.8 Å². The van der Waals surface area contributed by atoms with Gasteiger partial charge in [0.15, 0.2) is 0 Å². The van der Waals surface area contributed by atoms with E-state index in [1.165, 1.54) is 5.67 Å². The monoisotopic (exact) mass is 242 g/mol. The fourth-order valence-electron chi connectivity index (χ4n) is 1.56. The fraction of sp³-hybridized carbons (Fsp3) is 0.636. The molecule has 88 valence electrons. The Bertz CT molecular complexity index is 173. The number of nitrogens with zero attached hydrogens (tertiary/aromatic N) is 2. The Morgan fingerprint density at radius 2 is 1.27 bits per heavy atom. The molecule has 0 saturated heterocycles. The van der Waals surface area contributed by atoms with Crippen molar-refractivity contribution in [1.29, 1.82) is 0 Å². The summed E-state index contributed by atoms with van der Waals surface area (Å²) in [6.07, 6.45) is 4.03. The summed E-state index contributed by atoms with van der Waals surface area (Å²) in [5.41, 5.74) is 1.42. The minimum absolute atomic E-state index is 0.119. The molecule has 0 fully saturated rings. The van der Waals surface area contributed by atoms with Crippen LogP contribution in [0.3, 0.4) is 0 Å². The van der Waals surface area contributed by atoms with Gasteiger partial charge in [0.1, 0.15) is 19.4 Å². The number of hydrogen-bond donors (Lipinski definition) is 0. The van der Waals surface area contributed by atoms with Crippen molar-refractivity contribution in [2.75, 3.05) is 0 Å². The Hall–Kier alpha value is -0.486. The second-order valence-electron chi connectivity index (χ2n) is 4.38. The van der Waals surface area contributed by atoms with E-state index in [1.54, 1.807) is 0 Å². The molecular formula is C11H26N2Si2. The Morgan fingerprint density at radius 1 is 0.933 bits per heavy atom. The fourth-order valence-corrected chi connectivity index (χ4v) is 6.44. The third kappa shape index (κ3) is 5.84. The maximum atomic E-state index is 3.88. The van der Waals surface area contributed by atoms with Crippen LogP contribution in [0.5, 0.6) is 0 Å². The molecule has 0 saturated carbocycles. The van der Waals surface area contributed by atoms with Gasteiger partial charge in [-0.05, 0) is 45.8 Å². The molecule has 0 aromatic carbocycles. The topological polar surface area (TPSA) is 6.48 Å². The van der Waals surface area contributed by atoms with Crippen LogP contribution in [0.4, 0.5) is 0 Å². The normalized spacial score (nSPS) is 12.1. The molecule has 4 heteroatoms. The Balaban J connectivity index is 3.85. The quantitative estimate of drug-likeness (QED) is 0.591. The smallest absolute Gasteiger partial charge is 0.122 e. The highest BCUT2D eigenvalue weighted by molar-refractivity contribution is 6.53. The first-order valence-electron chi connectivity index (χ1n) is 5.79. The van der Waals surface area contributed by atoms with Gasteiger partial charge < -0.3 is 9.13 Å². The summed E-state index contributed by atoms with van der Waals surface area (Å²) in [6.45, 7) is 16.7. The molecule has 0 radical (unpaired) electrons. The van der Waals surface area contributed by atoms with Gasteiger partial charge in [0.2, 0.25) is 0 Å². The average Bonchev–Trinajstić information content (AvgIpc) is 2.17. The van der Waals surface area contributed by atoms with Crippen molar-refractivity contribution in [3.05, 3.63) is 25.6 Å². The van der Waals surface area contributed by atoms with Crippen LogP contribution in [-0.2, 0) is 0 Å². The average molecular weight is 243 g/mol. The second kappa shape index (κ2) is 7.76. The lowest BCUT2D eigenvalue weighted by molar-refractivity contribution is 0.476. The van der Waals surface area contributed by atoms with E-state index < -0.39 is 0 Å². The van der Waals surface area contributed by atoms with Gasteiger partial charge in [0, 0.05) is 12.1 Å². The first kappa shape index (κ1) is 14.5. The van der Waals surface area contributed by atoms with Crippen LogP contribution < -0.4 is 0 Å². The van der Waals surface area contributed by atoms with Gasteiger partial charge in [-0.1, -0.05) is 13.2 Å². The molecule has 0 N–H and O–H groups in total. The highest BCUT2D eigenvalue weighted by atomic mass is 28.3. The molecule has 0 spiro atoms. The van der Waals surface area contributed by atoms with E-state index in [4.69, 9.17) is 0 Å². The summed E-state index contributed by atoms with van der Waals surface area (Å²) in [5.74, 6) is 0. The van der Waals surface area contributed by atoms with Crippen LogP contribution in [0.1, 0.15) is 27.7 Å². The van der Waals surface area contributed by atoms with Gasteiger partial charge >= 0.3 is 0 Å². The van der Waals surface area contributed by atoms with E-state index in [0.29, 0.717) is 12.1 Å². The van der Waals surface area contributed by atoms with Gasteiger partial charge in [-0.3, -0.25) is 0 Å². The molecule has 0 atom stereocenters. The lowest BCUT2D eigenvalue weighted by Crippen LogP contribution is -2.34. The summed E-state index contributed by atoms with van der Waals surface area (Å²) < 4.78 is 4.88. The molecule has 0 aliphatic rings. The van der Waals surface area contributed by atoms with Gasteiger partial charge in [0.05, 0.1) is 0 Å². The lowest BCUT2D eigenvalue weighted by Gasteiger charge is -2.28. The zero-order valence-corrected chi connectivity index (χ0v) is 13.6. The lowest BCUT2D eigenvalue weighted by atomic mass is 10.4. The SMILES string of the molecule is C=CN([SiH2]C[SiH2]N(C=C)C(C)C)C(C)C. The van der Waals surface area contributed by atoms with Crippen molar-refractivity contribution < 1.29 is 0 Å². The van der Waals surface area contributed by atoms with E-state index >= 15 is 0 Å². The highest BCUT2D eigenvalue weighted by Gasteiger charge is 2.07. The molecule has 15 heavy (non-hydrogen) atoms. The summed E-state index contributed by atoms with van der Waals surface area (Å²) in [5, 5.41) is 0. The van der Waals surface area contributed by atoms with Crippen LogP contribution >= 0.6 is 0 Å². The highest BCUT2D eigenvalue weighted by Crippen LogP contribution is 2.01. The maximum Gasteiger partial charge on any atom is 0.122 e. The van der Waals surface area contributed by atoms with Gasteiger partial charge in [-0.25, -0.2) is 0 Å². The van der Waals surface area contributed by atoms with Gasteiger partial charge in [-0.2, -0.15) is 0 Å². The first-order chi connectivity index (χ1) is 7.02. The predicted octanol–water partition coefficient (Wildman–Crippen LogP) is 1.24. The third-order valence-electron chi connectivity index (χ3n) is 2.63. The number of hydrogen-bond acceptors (Lipinski definition) is 2. The van der Waals surface area contributed by atoms with E-state index in [2.05, 4.69) is 50.0 Å². The molecule has 0 rings (SSSR count). The molecule has 0 aliphatic carbocycles. The van der Waals surface area contributed by atoms with Crippen molar-refractivity contribution in [2.24, 2.45) is 0 Å². The van der Waals surface area contributed by atoms with Crippen molar-refractivity contribution in [2.45, 2.75) is 45.4 Å². The van der Waals surface area contributed by atoms with Crippen molar-refractivity contribution in [1.82, 2.24) is 9.13 Å². The summed E-state index contributed by atoms with van der Waals surface area (Å²) in [4.78, 5) is 0. The Kier molecular flexibility index (Phi) is 7.51. The molecule has 0 heterocycles. The van der Waals surface area contributed by atoms with E-state index in [1.807, 2.05) is 12.4 Å². The van der Waals surface area contributed by atoms with Crippen LogP contribution in [0, 0.1) is 0 Å². The van der Waals surface area contributed by atoms with Crippen LogP contribution in [-0.4, -0.2) is 40.6 Å². The first-order valence-corrected chi connectivity index (χ1v) is 9.06. The molecular weight excluding hydrogens is 216 g/mol. The minimum Gasteiger partial charge on any atom is -0.407 e. The third-order valence-corrected chi connectivity index (χ3v) is 8.17. The zero-order chi connectivity index (χ0) is 11.8. The van der Waals surface area contributed by atoms with Crippen molar-refractivity contribution >= 4 is 19.4 Å². The largest absolute Gasteiger partial charge is 0.407 e. The van der Waals surface area contributed by atoms with E-state index in [9.17, 15) is 0 Å². The van der Waals surface area contributed by atoms with Crippen molar-refractivity contribution in [3.8, 4) is 0 Å². The van der Waals surface area contributed by atoms with Crippen LogP contribution in [0.2, 0.25) is 5.67 Å². The van der Waals surface area contributed by atoms with E-state index in [0.717, 1.165) is 0 Å².